The number of rotatable bonds is 17. The molecule has 1 aliphatic carbocycles. The Labute approximate surface area is 365 Å². The minimum absolute atomic E-state index is 0.0594. The minimum Gasteiger partial charge on any atom is -0.480 e. The van der Waals surface area contributed by atoms with E-state index in [1.165, 1.54) is 4.90 Å². The smallest absolute Gasteiger partial charge is 0.407 e. The summed E-state index contributed by atoms with van der Waals surface area (Å²) in [6.07, 6.45) is -0.856. The van der Waals surface area contributed by atoms with Gasteiger partial charge in [-0.3, -0.25) is 14.4 Å². The molecule has 0 spiro atoms. The highest BCUT2D eigenvalue weighted by Gasteiger charge is 2.51. The fourth-order valence-electron chi connectivity index (χ4n) is 8.28. The Morgan fingerprint density at radius 3 is 1.55 bits per heavy atom. The Bertz CT molecular complexity index is 2370. The number of hydrogen-bond acceptors (Lipinski definition) is 7. The Morgan fingerprint density at radius 1 is 0.613 bits per heavy atom. The lowest BCUT2D eigenvalue weighted by molar-refractivity contribution is -0.155. The van der Waals surface area contributed by atoms with Gasteiger partial charge >= 0.3 is 12.1 Å². The molecule has 1 unspecified atom stereocenters. The van der Waals surface area contributed by atoms with Gasteiger partial charge in [0.15, 0.2) is 0 Å². The van der Waals surface area contributed by atoms with Crippen LogP contribution in [0.2, 0.25) is 0 Å². The number of nitrogens with zero attached hydrogens (tertiary/aromatic N) is 1. The molecule has 0 saturated heterocycles. The average molecular weight is 847 g/mol. The summed E-state index contributed by atoms with van der Waals surface area (Å²) < 4.78 is 5.53. The summed E-state index contributed by atoms with van der Waals surface area (Å²) in [6, 6.07) is 49.7. The summed E-state index contributed by atoms with van der Waals surface area (Å²) in [5.74, 6) is -3.73. The lowest BCUT2D eigenvalue weighted by Crippen LogP contribution is -2.63. The number of carboxylic acid groups (broad SMARTS) is 1. The fourth-order valence-corrected chi connectivity index (χ4v) is 8.52. The summed E-state index contributed by atoms with van der Waals surface area (Å²) in [4.78, 5) is 69.5. The van der Waals surface area contributed by atoms with E-state index in [9.17, 15) is 24.3 Å². The first-order chi connectivity index (χ1) is 30.2. The van der Waals surface area contributed by atoms with Gasteiger partial charge in [-0.2, -0.15) is 12.6 Å². The van der Waals surface area contributed by atoms with E-state index in [0.29, 0.717) is 22.3 Å². The molecule has 4 amide bonds. The summed E-state index contributed by atoms with van der Waals surface area (Å²) in [5, 5.41) is 18.7. The number of thiol groups is 1. The fraction of sp³-hybridized carbons (Fsp3) is 0.180. The third-order valence-corrected chi connectivity index (χ3v) is 11.4. The minimum atomic E-state index is -1.52. The number of ether oxygens (including phenoxy) is 1. The second-order valence-electron chi connectivity index (χ2n) is 14.8. The van der Waals surface area contributed by atoms with Crippen LogP contribution < -0.4 is 16.0 Å². The molecule has 314 valence electrons. The van der Waals surface area contributed by atoms with Crippen molar-refractivity contribution >= 4 is 42.4 Å². The molecule has 6 aromatic carbocycles. The number of amides is 4. The van der Waals surface area contributed by atoms with Crippen molar-refractivity contribution in [1.29, 1.82) is 0 Å². The van der Waals surface area contributed by atoms with Gasteiger partial charge in [0.2, 0.25) is 17.7 Å². The monoisotopic (exact) mass is 846 g/mol. The molecule has 0 saturated carbocycles. The van der Waals surface area contributed by atoms with Crippen LogP contribution in [0.25, 0.3) is 11.1 Å². The topological polar surface area (TPSA) is 154 Å². The van der Waals surface area contributed by atoms with Gasteiger partial charge in [-0.15, -0.1) is 0 Å². The standard InChI is InChI=1S/C50H46N4O7S/c55-45(30-52-49(60)61-32-42-40-27-15-13-25-38(40)39-26-14-16-28-41(39)42)51-31-46(56)53-43(33-62)47(57)54(44(48(58)59)29-34-17-5-1-6-18-34)50(35-19-7-2-8-20-35,36-21-9-3-10-22-36)37-23-11-4-12-24-37/h1-28,42-44,62H,29-33H2,(H,51,55)(H,52,60)(H,53,56)(H,58,59)/t43?,44-/m0/s1. The van der Waals surface area contributed by atoms with Crippen molar-refractivity contribution < 1.29 is 33.8 Å². The first-order valence-electron chi connectivity index (χ1n) is 20.2. The molecule has 12 heteroatoms. The zero-order valence-corrected chi connectivity index (χ0v) is 34.6. The van der Waals surface area contributed by atoms with E-state index < -0.39 is 60.5 Å². The zero-order valence-electron chi connectivity index (χ0n) is 33.7. The molecule has 2 atom stereocenters. The number of benzene rings is 6. The molecule has 0 fully saturated rings. The van der Waals surface area contributed by atoms with Gasteiger partial charge in [-0.25, -0.2) is 9.59 Å². The van der Waals surface area contributed by atoms with Crippen LogP contribution in [0.5, 0.6) is 0 Å². The molecule has 6 aromatic rings. The van der Waals surface area contributed by atoms with E-state index >= 15 is 4.79 Å². The van der Waals surface area contributed by atoms with Gasteiger partial charge in [0.05, 0.1) is 6.54 Å². The highest BCUT2D eigenvalue weighted by atomic mass is 32.1. The van der Waals surface area contributed by atoms with E-state index in [2.05, 4.69) is 28.6 Å². The first kappa shape index (κ1) is 42.9. The quantitative estimate of drug-likeness (QED) is 0.0514. The molecule has 11 nitrogen and oxygen atoms in total. The van der Waals surface area contributed by atoms with Crippen molar-refractivity contribution in [1.82, 2.24) is 20.9 Å². The molecule has 0 radical (unpaired) electrons. The highest BCUT2D eigenvalue weighted by molar-refractivity contribution is 7.80. The van der Waals surface area contributed by atoms with Crippen molar-refractivity contribution in [3.63, 3.8) is 0 Å². The summed E-state index contributed by atoms with van der Waals surface area (Å²) in [6.45, 7) is -0.954. The van der Waals surface area contributed by atoms with Crippen LogP contribution in [-0.4, -0.2) is 77.3 Å². The van der Waals surface area contributed by atoms with Crippen molar-refractivity contribution in [3.8, 4) is 11.1 Å². The van der Waals surface area contributed by atoms with E-state index in [1.54, 1.807) is 24.3 Å². The molecule has 0 aliphatic heterocycles. The van der Waals surface area contributed by atoms with Crippen LogP contribution in [0, 0.1) is 0 Å². The molecule has 0 bridgehead atoms. The van der Waals surface area contributed by atoms with Crippen LogP contribution in [0.4, 0.5) is 4.79 Å². The predicted molar refractivity (Wildman–Crippen MR) is 239 cm³/mol. The van der Waals surface area contributed by atoms with Crippen molar-refractivity contribution in [3.05, 3.63) is 203 Å². The van der Waals surface area contributed by atoms with Crippen LogP contribution in [0.1, 0.15) is 39.3 Å². The average Bonchev–Trinajstić information content (AvgIpc) is 3.64. The molecule has 62 heavy (non-hydrogen) atoms. The van der Waals surface area contributed by atoms with E-state index in [4.69, 9.17) is 4.74 Å². The Kier molecular flexibility index (Phi) is 13.8. The van der Waals surface area contributed by atoms with Gasteiger partial charge in [0, 0.05) is 18.1 Å². The van der Waals surface area contributed by atoms with Crippen LogP contribution in [0.3, 0.4) is 0 Å². The molecule has 1 aliphatic rings. The third kappa shape index (κ3) is 9.25. The normalized spacial score (nSPS) is 12.8. The lowest BCUT2D eigenvalue weighted by atomic mass is 9.74. The largest absolute Gasteiger partial charge is 0.480 e. The van der Waals surface area contributed by atoms with Crippen LogP contribution in [0.15, 0.2) is 170 Å². The van der Waals surface area contributed by atoms with E-state index in [1.807, 2.05) is 146 Å². The molecular weight excluding hydrogens is 801 g/mol. The first-order valence-corrected chi connectivity index (χ1v) is 20.9. The second-order valence-corrected chi connectivity index (χ2v) is 15.2. The number of nitrogens with one attached hydrogen (secondary N) is 3. The number of fused-ring (bicyclic) bond motifs is 3. The van der Waals surface area contributed by atoms with Gasteiger partial charge in [0.1, 0.15) is 30.8 Å². The lowest BCUT2D eigenvalue weighted by Gasteiger charge is -2.49. The summed E-state index contributed by atoms with van der Waals surface area (Å²) in [7, 11) is 0. The van der Waals surface area contributed by atoms with Crippen molar-refractivity contribution in [2.24, 2.45) is 0 Å². The van der Waals surface area contributed by atoms with Crippen LogP contribution in [-0.2, 0) is 35.9 Å². The SMILES string of the molecule is O=C(CNC(=O)OCC1c2ccccc2-c2ccccc21)NCC(=O)NC(CS)C(=O)N([C@@H](Cc1ccccc1)C(=O)O)C(c1ccccc1)(c1ccccc1)c1ccccc1. The van der Waals surface area contributed by atoms with E-state index in [0.717, 1.165) is 22.3 Å². The number of aliphatic carboxylic acids is 1. The van der Waals surface area contributed by atoms with Crippen LogP contribution >= 0.6 is 12.6 Å². The molecular formula is C50H46N4O7S. The second kappa shape index (κ2) is 19.9. The Morgan fingerprint density at radius 2 is 1.06 bits per heavy atom. The molecule has 7 rings (SSSR count). The van der Waals surface area contributed by atoms with Gasteiger partial charge in [-0.05, 0) is 44.5 Å². The predicted octanol–water partition coefficient (Wildman–Crippen LogP) is 6.57. The van der Waals surface area contributed by atoms with Gasteiger partial charge in [-0.1, -0.05) is 170 Å². The zero-order chi connectivity index (χ0) is 43.5. The van der Waals surface area contributed by atoms with E-state index in [-0.39, 0.29) is 24.7 Å². The molecule has 4 N–H and O–H groups in total. The van der Waals surface area contributed by atoms with Crippen molar-refractivity contribution in [2.45, 2.75) is 30.0 Å². The highest BCUT2D eigenvalue weighted by Crippen LogP contribution is 2.46. The molecule has 0 aromatic heterocycles. The van der Waals surface area contributed by atoms with Crippen molar-refractivity contribution in [2.75, 3.05) is 25.4 Å². The Hall–Kier alpha value is -7.18. The number of carbonyl (C=O) groups is 5. The summed E-state index contributed by atoms with van der Waals surface area (Å²) >= 11 is 4.49. The maximum Gasteiger partial charge on any atom is 0.407 e. The number of hydrogen-bond donors (Lipinski definition) is 5. The van der Waals surface area contributed by atoms with Gasteiger partial charge in [0.25, 0.3) is 0 Å². The van der Waals surface area contributed by atoms with Gasteiger partial charge < -0.3 is 30.7 Å². The third-order valence-electron chi connectivity index (χ3n) is 11.0. The number of alkyl carbamates (subject to hydrolysis) is 1. The summed E-state index contributed by atoms with van der Waals surface area (Å²) in [5.41, 5.74) is 5.27. The number of carbonyl (C=O) groups excluding carboxylic acids is 4. The maximum atomic E-state index is 15.4. The Balaban J connectivity index is 1.09. The number of carboxylic acids is 1. The maximum absolute atomic E-state index is 15.4. The molecule has 0 heterocycles.